The minimum absolute atomic E-state index is 0.0217. The molecule has 0 radical (unpaired) electrons. The Hall–Kier alpha value is -2.78. The molecule has 2 nitrogen and oxygen atoms in total. The molecule has 1 heterocycles. The van der Waals surface area contributed by atoms with Gasteiger partial charge in [0.1, 0.15) is 0 Å². The highest BCUT2D eigenvalue weighted by atomic mass is 32.2. The predicted molar refractivity (Wildman–Crippen MR) is 109 cm³/mol. The van der Waals surface area contributed by atoms with E-state index in [-0.39, 0.29) is 11.0 Å². The first-order chi connectivity index (χ1) is 12.7. The Morgan fingerprint density at radius 2 is 1.62 bits per heavy atom. The Labute approximate surface area is 158 Å². The number of para-hydroxylation sites is 1. The topological polar surface area (TPSA) is 29.1 Å². The molecule has 0 spiro atoms. The van der Waals surface area contributed by atoms with Gasteiger partial charge in [-0.3, -0.25) is 4.79 Å². The maximum Gasteiger partial charge on any atom is 0.187 e. The molecule has 1 aliphatic rings. The van der Waals surface area contributed by atoms with Crippen molar-refractivity contribution in [1.29, 1.82) is 0 Å². The van der Waals surface area contributed by atoms with Gasteiger partial charge in [-0.25, -0.2) is 0 Å². The average molecular weight is 357 g/mol. The van der Waals surface area contributed by atoms with Crippen LogP contribution in [-0.2, 0) is 0 Å². The van der Waals surface area contributed by atoms with Crippen molar-refractivity contribution in [3.05, 3.63) is 107 Å². The molecule has 128 valence electrons. The normalized spacial score (nSPS) is 17.4. The Bertz CT molecular complexity index is 961. The number of hydrogen-bond acceptors (Lipinski definition) is 3. The van der Waals surface area contributed by atoms with Gasteiger partial charge in [0.05, 0.1) is 10.9 Å². The van der Waals surface area contributed by atoms with E-state index in [1.807, 2.05) is 67.6 Å². The highest BCUT2D eigenvalue weighted by molar-refractivity contribution is 8.00. The lowest BCUT2D eigenvalue weighted by molar-refractivity contribution is 0.104. The van der Waals surface area contributed by atoms with Crippen molar-refractivity contribution in [2.75, 3.05) is 5.32 Å². The Morgan fingerprint density at radius 3 is 2.38 bits per heavy atom. The van der Waals surface area contributed by atoms with E-state index in [1.165, 1.54) is 10.5 Å². The summed E-state index contributed by atoms with van der Waals surface area (Å²) in [6.07, 6.45) is 1.74. The molecule has 3 heteroatoms. The van der Waals surface area contributed by atoms with Gasteiger partial charge in [-0.2, -0.15) is 0 Å². The van der Waals surface area contributed by atoms with E-state index in [2.05, 4.69) is 23.5 Å². The van der Waals surface area contributed by atoms with Crippen molar-refractivity contribution in [3.8, 4) is 0 Å². The number of fused-ring (bicyclic) bond motifs is 1. The van der Waals surface area contributed by atoms with Gasteiger partial charge in [0, 0.05) is 22.2 Å². The van der Waals surface area contributed by atoms with Crippen LogP contribution in [0, 0.1) is 6.92 Å². The fourth-order valence-corrected chi connectivity index (χ4v) is 4.22. The fourth-order valence-electron chi connectivity index (χ4n) is 3.01. The Balaban J connectivity index is 1.73. The molecule has 0 bridgehead atoms. The number of allylic oxidation sites excluding steroid dienone is 1. The summed E-state index contributed by atoms with van der Waals surface area (Å²) in [5, 5.41) is 3.55. The molecule has 0 aliphatic carbocycles. The van der Waals surface area contributed by atoms with Crippen molar-refractivity contribution < 1.29 is 4.79 Å². The molecule has 1 aliphatic heterocycles. The largest absolute Gasteiger partial charge is 0.357 e. The van der Waals surface area contributed by atoms with Crippen LogP contribution >= 0.6 is 11.8 Å². The van der Waals surface area contributed by atoms with Crippen LogP contribution in [0.3, 0.4) is 0 Å². The second-order valence-electron chi connectivity index (χ2n) is 6.36. The third-order valence-electron chi connectivity index (χ3n) is 4.42. The van der Waals surface area contributed by atoms with Gasteiger partial charge in [-0.05, 0) is 24.6 Å². The molecule has 26 heavy (non-hydrogen) atoms. The van der Waals surface area contributed by atoms with E-state index in [0.717, 1.165) is 16.9 Å². The lowest BCUT2D eigenvalue weighted by Gasteiger charge is -2.28. The van der Waals surface area contributed by atoms with E-state index in [4.69, 9.17) is 0 Å². The number of carbonyl (C=O) groups excluding carboxylic acids is 1. The van der Waals surface area contributed by atoms with E-state index < -0.39 is 0 Å². The summed E-state index contributed by atoms with van der Waals surface area (Å²) in [5.74, 6) is 0.0217. The highest BCUT2D eigenvalue weighted by Crippen LogP contribution is 2.47. The number of thioether (sulfide) groups is 1. The first kappa shape index (κ1) is 16.7. The molecule has 3 aromatic carbocycles. The van der Waals surface area contributed by atoms with Crippen LogP contribution < -0.4 is 5.32 Å². The number of carbonyl (C=O) groups is 1. The molecule has 0 saturated heterocycles. The summed E-state index contributed by atoms with van der Waals surface area (Å²) < 4.78 is 0. The zero-order chi connectivity index (χ0) is 17.9. The SMILES string of the molecule is Cc1ccc(C(=O)/C=C2\Nc3ccccc3SC2c2ccccc2)cc1. The third-order valence-corrected chi connectivity index (χ3v) is 5.79. The van der Waals surface area contributed by atoms with Crippen molar-refractivity contribution in [1.82, 2.24) is 0 Å². The summed E-state index contributed by atoms with van der Waals surface area (Å²) in [6, 6.07) is 26.2. The summed E-state index contributed by atoms with van der Waals surface area (Å²) >= 11 is 1.77. The molecular formula is C23H19NOS. The summed E-state index contributed by atoms with van der Waals surface area (Å²) in [6.45, 7) is 2.02. The second kappa shape index (κ2) is 7.22. The maximum absolute atomic E-state index is 12.8. The van der Waals surface area contributed by atoms with Gasteiger partial charge in [0.2, 0.25) is 0 Å². The van der Waals surface area contributed by atoms with Crippen molar-refractivity contribution in [2.45, 2.75) is 17.1 Å². The highest BCUT2D eigenvalue weighted by Gasteiger charge is 2.25. The molecule has 1 N–H and O–H groups in total. The molecular weight excluding hydrogens is 338 g/mol. The number of rotatable bonds is 3. The predicted octanol–water partition coefficient (Wildman–Crippen LogP) is 6.02. The van der Waals surface area contributed by atoms with Gasteiger partial charge in [-0.15, -0.1) is 11.8 Å². The van der Waals surface area contributed by atoms with Gasteiger partial charge in [-0.1, -0.05) is 72.3 Å². The zero-order valence-corrected chi connectivity index (χ0v) is 15.3. The summed E-state index contributed by atoms with van der Waals surface area (Å²) in [7, 11) is 0. The van der Waals surface area contributed by atoms with Crippen molar-refractivity contribution in [3.63, 3.8) is 0 Å². The van der Waals surface area contributed by atoms with E-state index in [0.29, 0.717) is 5.56 Å². The average Bonchev–Trinajstić information content (AvgIpc) is 2.68. The molecule has 0 saturated carbocycles. The number of ketones is 1. The fraction of sp³-hybridized carbons (Fsp3) is 0.0870. The molecule has 1 atom stereocenters. The van der Waals surface area contributed by atoms with Crippen LogP contribution in [0.15, 0.2) is 95.5 Å². The third kappa shape index (κ3) is 3.44. The zero-order valence-electron chi connectivity index (χ0n) is 14.5. The van der Waals surface area contributed by atoms with Crippen LogP contribution in [0.5, 0.6) is 0 Å². The van der Waals surface area contributed by atoms with Crippen LogP contribution in [0.4, 0.5) is 5.69 Å². The lowest BCUT2D eigenvalue weighted by atomic mass is 10.0. The van der Waals surface area contributed by atoms with Crippen molar-refractivity contribution in [2.24, 2.45) is 0 Å². The minimum atomic E-state index is 0.0217. The summed E-state index contributed by atoms with van der Waals surface area (Å²) in [5.41, 5.74) is 5.01. The van der Waals surface area contributed by atoms with E-state index in [1.54, 1.807) is 17.8 Å². The van der Waals surface area contributed by atoms with Crippen LogP contribution in [0.1, 0.15) is 26.7 Å². The lowest BCUT2D eigenvalue weighted by Crippen LogP contribution is -2.15. The molecule has 0 amide bonds. The van der Waals surface area contributed by atoms with Crippen LogP contribution in [0.25, 0.3) is 0 Å². The second-order valence-corrected chi connectivity index (χ2v) is 7.51. The molecule has 0 fully saturated rings. The molecule has 4 rings (SSSR count). The molecule has 0 aromatic heterocycles. The van der Waals surface area contributed by atoms with Gasteiger partial charge < -0.3 is 5.32 Å². The number of aryl methyl sites for hydroxylation is 1. The number of benzene rings is 3. The quantitative estimate of drug-likeness (QED) is 0.459. The van der Waals surface area contributed by atoms with E-state index >= 15 is 0 Å². The van der Waals surface area contributed by atoms with Crippen LogP contribution in [-0.4, -0.2) is 5.78 Å². The number of hydrogen-bond donors (Lipinski definition) is 1. The van der Waals surface area contributed by atoms with Crippen molar-refractivity contribution >= 4 is 23.2 Å². The number of anilines is 1. The van der Waals surface area contributed by atoms with Crippen LogP contribution in [0.2, 0.25) is 0 Å². The smallest absolute Gasteiger partial charge is 0.187 e. The van der Waals surface area contributed by atoms with Gasteiger partial charge in [0.25, 0.3) is 0 Å². The Kier molecular flexibility index (Phi) is 4.63. The molecule has 1 unspecified atom stereocenters. The van der Waals surface area contributed by atoms with Gasteiger partial charge >= 0.3 is 0 Å². The summed E-state index contributed by atoms with van der Waals surface area (Å²) in [4.78, 5) is 14.0. The standard InChI is InChI=1S/C23H19NOS/c1-16-11-13-17(14-12-16)21(25)15-20-23(18-7-3-2-4-8-18)26-22-10-6-5-9-19(22)24-20/h2-15,23-24H,1H3/b20-15-. The van der Waals surface area contributed by atoms with Gasteiger partial charge in [0.15, 0.2) is 5.78 Å². The minimum Gasteiger partial charge on any atom is -0.357 e. The first-order valence-electron chi connectivity index (χ1n) is 8.61. The maximum atomic E-state index is 12.8. The first-order valence-corrected chi connectivity index (χ1v) is 9.49. The van der Waals surface area contributed by atoms with E-state index in [9.17, 15) is 4.79 Å². The number of nitrogens with one attached hydrogen (secondary N) is 1. The Morgan fingerprint density at radius 1 is 0.923 bits per heavy atom. The molecule has 3 aromatic rings. The monoisotopic (exact) mass is 357 g/mol.